The lowest BCUT2D eigenvalue weighted by atomic mass is 10.0. The highest BCUT2D eigenvalue weighted by Crippen LogP contribution is 2.26. The zero-order valence-electron chi connectivity index (χ0n) is 20.6. The van der Waals surface area contributed by atoms with E-state index in [1.54, 1.807) is 0 Å². The third-order valence-corrected chi connectivity index (χ3v) is 5.94. The van der Waals surface area contributed by atoms with E-state index in [0.29, 0.717) is 31.6 Å². The topological polar surface area (TPSA) is 90.1 Å². The fraction of sp³-hybridized carbons (Fsp3) is 0.444. The van der Waals surface area contributed by atoms with Crippen LogP contribution in [0, 0.1) is 0 Å². The van der Waals surface area contributed by atoms with Crippen LogP contribution in [0.3, 0.4) is 0 Å². The highest BCUT2D eigenvalue weighted by Gasteiger charge is 2.18. The third kappa shape index (κ3) is 7.78. The van der Waals surface area contributed by atoms with Crippen molar-refractivity contribution in [3.63, 3.8) is 0 Å². The van der Waals surface area contributed by atoms with E-state index in [1.807, 2.05) is 44.4 Å². The molecule has 182 valence electrons. The second-order valence-electron chi connectivity index (χ2n) is 8.91. The Morgan fingerprint density at radius 1 is 1.03 bits per heavy atom. The molecule has 0 fully saturated rings. The van der Waals surface area contributed by atoms with Crippen LogP contribution in [-0.2, 0) is 9.59 Å². The Hall–Kier alpha value is -3.03. The first-order chi connectivity index (χ1) is 16.5. The van der Waals surface area contributed by atoms with Gasteiger partial charge in [-0.15, -0.1) is 0 Å². The number of hydrogen-bond acceptors (Lipinski definition) is 5. The molecule has 7 nitrogen and oxygen atoms in total. The van der Waals surface area contributed by atoms with Gasteiger partial charge in [-0.25, -0.2) is 4.98 Å². The third-order valence-electron chi connectivity index (χ3n) is 5.94. The number of unbranched alkanes of at least 4 members (excludes halogenated alkanes) is 2. The summed E-state index contributed by atoms with van der Waals surface area (Å²) in [6.45, 7) is 2.48. The minimum absolute atomic E-state index is 0.0100. The van der Waals surface area contributed by atoms with Crippen molar-refractivity contribution >= 4 is 22.5 Å². The van der Waals surface area contributed by atoms with Gasteiger partial charge in [0.05, 0.1) is 17.9 Å². The number of rotatable bonds is 14. The molecule has 0 aliphatic rings. The Morgan fingerprint density at radius 2 is 1.82 bits per heavy atom. The summed E-state index contributed by atoms with van der Waals surface area (Å²) in [4.78, 5) is 32.2. The molecule has 0 saturated carbocycles. The van der Waals surface area contributed by atoms with Crippen LogP contribution >= 0.6 is 0 Å². The fourth-order valence-corrected chi connectivity index (χ4v) is 3.98. The highest BCUT2D eigenvalue weighted by molar-refractivity contribution is 5.86. The second-order valence-corrected chi connectivity index (χ2v) is 8.91. The zero-order chi connectivity index (χ0) is 24.3. The normalized spacial score (nSPS) is 12.2. The number of carbonyl (C=O) groups excluding carboxylic acids is 2. The molecule has 0 unspecified atom stereocenters. The highest BCUT2D eigenvalue weighted by atomic mass is 16.1. The molecule has 0 aliphatic heterocycles. The Bertz CT molecular complexity index is 1080. The van der Waals surface area contributed by atoms with Gasteiger partial charge in [0.15, 0.2) is 0 Å². The van der Waals surface area contributed by atoms with E-state index in [9.17, 15) is 9.59 Å². The zero-order valence-corrected chi connectivity index (χ0v) is 20.6. The SMILES string of the molecule is CCC(=O)CCCCC[C@H](NC(=O)CCNN(C)C)c1ncc(-c2ccc3ccccc3c2)[nH]1. The van der Waals surface area contributed by atoms with E-state index < -0.39 is 0 Å². The van der Waals surface area contributed by atoms with Crippen molar-refractivity contribution in [3.8, 4) is 11.3 Å². The first-order valence-electron chi connectivity index (χ1n) is 12.2. The number of fused-ring (bicyclic) bond motifs is 1. The van der Waals surface area contributed by atoms with Gasteiger partial charge >= 0.3 is 0 Å². The lowest BCUT2D eigenvalue weighted by Crippen LogP contribution is -2.36. The van der Waals surface area contributed by atoms with Crippen molar-refractivity contribution in [2.75, 3.05) is 20.6 Å². The number of imidazole rings is 1. The monoisotopic (exact) mass is 463 g/mol. The van der Waals surface area contributed by atoms with Gasteiger partial charge in [0.1, 0.15) is 11.6 Å². The van der Waals surface area contributed by atoms with E-state index in [1.165, 1.54) is 10.8 Å². The summed E-state index contributed by atoms with van der Waals surface area (Å²) in [5, 5.41) is 7.37. The van der Waals surface area contributed by atoms with Gasteiger partial charge in [0.25, 0.3) is 0 Å². The second kappa shape index (κ2) is 13.0. The number of aromatic nitrogens is 2. The van der Waals surface area contributed by atoms with Crippen molar-refractivity contribution < 1.29 is 9.59 Å². The minimum Gasteiger partial charge on any atom is -0.346 e. The van der Waals surface area contributed by atoms with Crippen LogP contribution in [0.5, 0.6) is 0 Å². The van der Waals surface area contributed by atoms with E-state index in [0.717, 1.165) is 42.8 Å². The summed E-state index contributed by atoms with van der Waals surface area (Å²) in [5.74, 6) is 1.06. The fourth-order valence-electron chi connectivity index (χ4n) is 3.98. The van der Waals surface area contributed by atoms with Gasteiger partial charge in [-0.05, 0) is 29.7 Å². The summed E-state index contributed by atoms with van der Waals surface area (Å²) in [5.41, 5.74) is 5.12. The van der Waals surface area contributed by atoms with Crippen molar-refractivity contribution in [2.45, 2.75) is 57.9 Å². The number of Topliss-reactive ketones (excluding diaryl/α,β-unsaturated/α-hetero) is 1. The molecular weight excluding hydrogens is 426 g/mol. The Labute approximate surface area is 202 Å². The molecule has 3 N–H and O–H groups in total. The van der Waals surface area contributed by atoms with Crippen LogP contribution < -0.4 is 10.7 Å². The van der Waals surface area contributed by atoms with Gasteiger partial charge in [0, 0.05) is 45.5 Å². The molecule has 1 heterocycles. The number of aromatic amines is 1. The van der Waals surface area contributed by atoms with Crippen LogP contribution in [0.15, 0.2) is 48.7 Å². The summed E-state index contributed by atoms with van der Waals surface area (Å²) in [6.07, 6.45) is 7.01. The van der Waals surface area contributed by atoms with Gasteiger partial charge in [-0.3, -0.25) is 20.0 Å². The maximum absolute atomic E-state index is 12.6. The van der Waals surface area contributed by atoms with Crippen LogP contribution in [0.1, 0.15) is 63.7 Å². The summed E-state index contributed by atoms with van der Waals surface area (Å²) >= 11 is 0. The largest absolute Gasteiger partial charge is 0.346 e. The predicted octanol–water partition coefficient (Wildman–Crippen LogP) is 4.77. The number of nitrogens with zero attached hydrogens (tertiary/aromatic N) is 2. The lowest BCUT2D eigenvalue weighted by molar-refractivity contribution is -0.122. The number of nitrogens with one attached hydrogen (secondary N) is 3. The summed E-state index contributed by atoms with van der Waals surface area (Å²) < 4.78 is 0. The van der Waals surface area contributed by atoms with Gasteiger partial charge in [-0.1, -0.05) is 56.2 Å². The molecule has 0 saturated heterocycles. The Kier molecular flexibility index (Phi) is 9.79. The van der Waals surface area contributed by atoms with E-state index in [-0.39, 0.29) is 11.9 Å². The Balaban J connectivity index is 1.67. The molecule has 3 aromatic rings. The van der Waals surface area contributed by atoms with E-state index in [4.69, 9.17) is 0 Å². The van der Waals surface area contributed by atoms with E-state index >= 15 is 0 Å². The number of H-pyrrole nitrogens is 1. The predicted molar refractivity (Wildman–Crippen MR) is 137 cm³/mol. The molecule has 34 heavy (non-hydrogen) atoms. The van der Waals surface area contributed by atoms with Crippen molar-refractivity contribution in [3.05, 3.63) is 54.5 Å². The number of hydrogen-bond donors (Lipinski definition) is 3. The minimum atomic E-state index is -0.192. The smallest absolute Gasteiger partial charge is 0.221 e. The number of amides is 1. The molecule has 3 rings (SSSR count). The van der Waals surface area contributed by atoms with Crippen LogP contribution in [0.25, 0.3) is 22.0 Å². The average molecular weight is 464 g/mol. The number of carbonyl (C=O) groups is 2. The number of ketones is 1. The van der Waals surface area contributed by atoms with Crippen molar-refractivity contribution in [1.82, 2.24) is 25.7 Å². The maximum atomic E-state index is 12.6. The first kappa shape index (κ1) is 25.6. The molecule has 1 amide bonds. The molecule has 1 aromatic heterocycles. The molecular formula is C27H37N5O2. The summed E-state index contributed by atoms with van der Waals surface area (Å²) in [6, 6.07) is 14.4. The van der Waals surface area contributed by atoms with Crippen LogP contribution in [0.2, 0.25) is 0 Å². The summed E-state index contributed by atoms with van der Waals surface area (Å²) in [7, 11) is 3.81. The van der Waals surface area contributed by atoms with Crippen LogP contribution in [0.4, 0.5) is 0 Å². The quantitative estimate of drug-likeness (QED) is 0.237. The van der Waals surface area contributed by atoms with Crippen molar-refractivity contribution in [1.29, 1.82) is 0 Å². The molecule has 2 aromatic carbocycles. The van der Waals surface area contributed by atoms with Gasteiger partial charge in [0.2, 0.25) is 5.91 Å². The lowest BCUT2D eigenvalue weighted by Gasteiger charge is -2.18. The Morgan fingerprint density at radius 3 is 2.59 bits per heavy atom. The molecule has 0 bridgehead atoms. The van der Waals surface area contributed by atoms with E-state index in [2.05, 4.69) is 51.0 Å². The number of hydrazine groups is 1. The van der Waals surface area contributed by atoms with Gasteiger partial charge < -0.3 is 10.3 Å². The first-order valence-corrected chi connectivity index (χ1v) is 12.2. The maximum Gasteiger partial charge on any atom is 0.221 e. The molecule has 0 aliphatic carbocycles. The molecule has 1 atom stereocenters. The number of benzene rings is 2. The molecule has 0 radical (unpaired) electrons. The standard InChI is InChI=1S/C27H37N5O2/c1-4-23(33)12-6-5-7-13-24(30-26(34)16-17-29-32(2)3)27-28-19-25(31-27)22-15-14-20-10-8-9-11-21(20)18-22/h8-11,14-15,18-19,24,29H,4-7,12-13,16-17H2,1-3H3,(H,28,31)(H,30,34)/t24-/m0/s1. The van der Waals surface area contributed by atoms with Crippen molar-refractivity contribution in [2.24, 2.45) is 0 Å². The average Bonchev–Trinajstić information content (AvgIpc) is 3.32. The van der Waals surface area contributed by atoms with Gasteiger partial charge in [-0.2, -0.15) is 0 Å². The van der Waals surface area contributed by atoms with Crippen LogP contribution in [-0.4, -0.2) is 47.3 Å². The molecule has 0 spiro atoms. The molecule has 7 heteroatoms.